The summed E-state index contributed by atoms with van der Waals surface area (Å²) in [5, 5.41) is 0. The van der Waals surface area contributed by atoms with E-state index in [1.54, 1.807) is 0 Å². The van der Waals surface area contributed by atoms with Gasteiger partial charge < -0.3 is 24.8 Å². The Morgan fingerprint density at radius 1 is 1.32 bits per heavy atom. The lowest BCUT2D eigenvalue weighted by Gasteiger charge is -2.51. The highest BCUT2D eigenvalue weighted by molar-refractivity contribution is 5.78. The van der Waals surface area contributed by atoms with Crippen molar-refractivity contribution >= 4 is 12.1 Å². The van der Waals surface area contributed by atoms with Crippen LogP contribution in [-0.2, 0) is 19.0 Å². The maximum atomic E-state index is 12.0. The fraction of sp³-hybridized carbons (Fsp3) is 0.867. The van der Waals surface area contributed by atoms with E-state index < -0.39 is 29.3 Å². The number of carbonyl (C=O) groups is 2. The molecular formula is C15H26N2O5. The summed E-state index contributed by atoms with van der Waals surface area (Å²) in [6.45, 7) is 6.47. The molecule has 2 fully saturated rings. The van der Waals surface area contributed by atoms with Crippen LogP contribution in [0.3, 0.4) is 0 Å². The summed E-state index contributed by atoms with van der Waals surface area (Å²) >= 11 is 0. The van der Waals surface area contributed by atoms with Crippen molar-refractivity contribution in [2.24, 2.45) is 11.7 Å². The average molecular weight is 314 g/mol. The van der Waals surface area contributed by atoms with Crippen molar-refractivity contribution in [3.8, 4) is 0 Å². The number of nitrogens with two attached hydrogens (primary N) is 1. The highest BCUT2D eigenvalue weighted by atomic mass is 16.6. The topological polar surface area (TPSA) is 91.1 Å². The first kappa shape index (κ1) is 17.0. The first-order valence-electron chi connectivity index (χ1n) is 7.62. The molecule has 7 nitrogen and oxygen atoms in total. The molecule has 126 valence electrons. The molecule has 0 spiro atoms. The van der Waals surface area contributed by atoms with Gasteiger partial charge in [0.25, 0.3) is 0 Å². The number of rotatable bonds is 5. The first-order chi connectivity index (χ1) is 10.2. The maximum Gasteiger partial charge on any atom is 0.410 e. The van der Waals surface area contributed by atoms with Gasteiger partial charge in [0.2, 0.25) is 0 Å². The summed E-state index contributed by atoms with van der Waals surface area (Å²) in [4.78, 5) is 25.3. The Morgan fingerprint density at radius 2 is 1.91 bits per heavy atom. The Balaban J connectivity index is 1.96. The smallest absolute Gasteiger partial charge is 0.410 e. The summed E-state index contributed by atoms with van der Waals surface area (Å²) in [5.74, 6) is 0.0111. The summed E-state index contributed by atoms with van der Waals surface area (Å²) in [6.07, 6.45) is 1.86. The van der Waals surface area contributed by atoms with Crippen LogP contribution in [0.4, 0.5) is 4.79 Å². The van der Waals surface area contributed by atoms with E-state index in [-0.39, 0.29) is 13.1 Å². The highest BCUT2D eigenvalue weighted by Crippen LogP contribution is 2.35. The SMILES string of the molecule is COC(=O)C(N)C1(OCC2CC2)CN(C(=O)OC(C)(C)C)C1. The molecule has 1 heterocycles. The molecule has 0 radical (unpaired) electrons. The summed E-state index contributed by atoms with van der Waals surface area (Å²) in [6, 6.07) is -0.907. The van der Waals surface area contributed by atoms with Crippen LogP contribution in [0.15, 0.2) is 0 Å². The molecule has 2 rings (SSSR count). The minimum absolute atomic E-state index is 0.241. The molecule has 7 heteroatoms. The van der Waals surface area contributed by atoms with Crippen LogP contribution in [0, 0.1) is 5.92 Å². The molecule has 2 N–H and O–H groups in total. The van der Waals surface area contributed by atoms with Crippen molar-refractivity contribution in [3.05, 3.63) is 0 Å². The second-order valence-electron chi connectivity index (χ2n) is 7.16. The first-order valence-corrected chi connectivity index (χ1v) is 7.62. The second-order valence-corrected chi connectivity index (χ2v) is 7.16. The number of esters is 1. The molecular weight excluding hydrogens is 288 g/mol. The van der Waals surface area contributed by atoms with Crippen LogP contribution in [0.1, 0.15) is 33.6 Å². The molecule has 1 saturated heterocycles. The second kappa shape index (κ2) is 6.04. The minimum atomic E-state index is -0.907. The van der Waals surface area contributed by atoms with Crippen LogP contribution in [0.25, 0.3) is 0 Å². The van der Waals surface area contributed by atoms with Crippen LogP contribution >= 0.6 is 0 Å². The van der Waals surface area contributed by atoms with Crippen LogP contribution in [-0.4, -0.2) is 61.0 Å². The molecule has 1 amide bonds. The van der Waals surface area contributed by atoms with E-state index in [2.05, 4.69) is 0 Å². The Hall–Kier alpha value is -1.34. The molecule has 1 aliphatic carbocycles. The number of amides is 1. The predicted molar refractivity (Wildman–Crippen MR) is 79.2 cm³/mol. The number of likely N-dealkylation sites (tertiary alicyclic amines) is 1. The number of methoxy groups -OCH3 is 1. The van der Waals surface area contributed by atoms with E-state index in [1.807, 2.05) is 20.8 Å². The largest absolute Gasteiger partial charge is 0.468 e. The van der Waals surface area contributed by atoms with Gasteiger partial charge in [0, 0.05) is 0 Å². The van der Waals surface area contributed by atoms with E-state index in [1.165, 1.54) is 12.0 Å². The van der Waals surface area contributed by atoms with E-state index in [0.29, 0.717) is 12.5 Å². The molecule has 1 atom stereocenters. The lowest BCUT2D eigenvalue weighted by Crippen LogP contribution is -2.74. The third kappa shape index (κ3) is 3.89. The molecule has 0 bridgehead atoms. The maximum absolute atomic E-state index is 12.0. The Bertz CT molecular complexity index is 436. The number of hydrogen-bond acceptors (Lipinski definition) is 6. The van der Waals surface area contributed by atoms with Gasteiger partial charge in [-0.25, -0.2) is 4.79 Å². The van der Waals surface area contributed by atoms with Gasteiger partial charge in [0.1, 0.15) is 17.2 Å². The number of nitrogens with zero attached hydrogens (tertiary/aromatic N) is 1. The Kier molecular flexibility index (Phi) is 4.67. The van der Waals surface area contributed by atoms with Crippen molar-refractivity contribution in [3.63, 3.8) is 0 Å². The molecule has 1 saturated carbocycles. The van der Waals surface area contributed by atoms with Gasteiger partial charge >= 0.3 is 12.1 Å². The fourth-order valence-electron chi connectivity index (χ4n) is 2.34. The van der Waals surface area contributed by atoms with Gasteiger partial charge in [-0.15, -0.1) is 0 Å². The normalized spacial score (nSPS) is 21.8. The zero-order valence-corrected chi connectivity index (χ0v) is 13.8. The lowest BCUT2D eigenvalue weighted by atomic mass is 9.86. The van der Waals surface area contributed by atoms with Crippen molar-refractivity contribution in [1.82, 2.24) is 4.90 Å². The molecule has 22 heavy (non-hydrogen) atoms. The van der Waals surface area contributed by atoms with Gasteiger partial charge in [-0.2, -0.15) is 0 Å². The molecule has 1 aliphatic heterocycles. The van der Waals surface area contributed by atoms with Crippen LogP contribution in [0.2, 0.25) is 0 Å². The van der Waals surface area contributed by atoms with Gasteiger partial charge in [-0.05, 0) is 39.5 Å². The van der Waals surface area contributed by atoms with Crippen LogP contribution in [0.5, 0.6) is 0 Å². The zero-order chi connectivity index (χ0) is 16.5. The Morgan fingerprint density at radius 3 is 2.36 bits per heavy atom. The van der Waals surface area contributed by atoms with E-state index in [9.17, 15) is 9.59 Å². The Labute approximate surface area is 131 Å². The van der Waals surface area contributed by atoms with Crippen LogP contribution < -0.4 is 5.73 Å². The van der Waals surface area contributed by atoms with E-state index in [4.69, 9.17) is 19.9 Å². The summed E-state index contributed by atoms with van der Waals surface area (Å²) in [7, 11) is 1.29. The van der Waals surface area contributed by atoms with E-state index in [0.717, 1.165) is 12.8 Å². The summed E-state index contributed by atoms with van der Waals surface area (Å²) < 4.78 is 15.9. The average Bonchev–Trinajstić information content (AvgIpc) is 3.17. The van der Waals surface area contributed by atoms with Gasteiger partial charge in [0.15, 0.2) is 0 Å². The molecule has 0 aromatic heterocycles. The molecule has 0 aromatic rings. The quantitative estimate of drug-likeness (QED) is 0.758. The van der Waals surface area contributed by atoms with E-state index >= 15 is 0 Å². The van der Waals surface area contributed by atoms with Crippen molar-refractivity contribution in [2.75, 3.05) is 26.8 Å². The third-order valence-corrected chi connectivity index (χ3v) is 3.89. The molecule has 2 aliphatic rings. The van der Waals surface area contributed by atoms with Crippen molar-refractivity contribution in [2.45, 2.75) is 50.9 Å². The predicted octanol–water partition coefficient (Wildman–Crippen LogP) is 0.903. The zero-order valence-electron chi connectivity index (χ0n) is 13.8. The third-order valence-electron chi connectivity index (χ3n) is 3.89. The minimum Gasteiger partial charge on any atom is -0.468 e. The standard InChI is InChI=1S/C15H26N2O5/c1-14(2,3)22-13(19)17-8-15(9-17,11(16)12(18)20-4)21-7-10-5-6-10/h10-11H,5-9,16H2,1-4H3. The lowest BCUT2D eigenvalue weighted by molar-refractivity contribution is -0.176. The monoisotopic (exact) mass is 314 g/mol. The van der Waals surface area contributed by atoms with Gasteiger partial charge in [0.05, 0.1) is 26.8 Å². The number of hydrogen-bond donors (Lipinski definition) is 1. The summed E-state index contributed by atoms with van der Waals surface area (Å²) in [5.41, 5.74) is 4.56. The number of carbonyl (C=O) groups excluding carboxylic acids is 2. The van der Waals surface area contributed by atoms with Gasteiger partial charge in [-0.3, -0.25) is 4.79 Å². The highest BCUT2D eigenvalue weighted by Gasteiger charge is 2.55. The fourth-order valence-corrected chi connectivity index (χ4v) is 2.34. The number of ether oxygens (including phenoxy) is 3. The van der Waals surface area contributed by atoms with Crippen molar-refractivity contribution in [1.29, 1.82) is 0 Å². The van der Waals surface area contributed by atoms with Gasteiger partial charge in [-0.1, -0.05) is 0 Å². The molecule has 0 aromatic carbocycles. The molecule has 1 unspecified atom stereocenters. The van der Waals surface area contributed by atoms with Crippen molar-refractivity contribution < 1.29 is 23.8 Å².